The zero-order valence-corrected chi connectivity index (χ0v) is 12.4. The number of aryl methyl sites for hydroxylation is 1. The minimum atomic E-state index is 0.721. The number of nitrogens with zero attached hydrogens (tertiary/aromatic N) is 2. The molecule has 0 radical (unpaired) electrons. The summed E-state index contributed by atoms with van der Waals surface area (Å²) in [4.78, 5) is 7.21. The second kappa shape index (κ2) is 7.22. The highest BCUT2D eigenvalue weighted by molar-refractivity contribution is 7.09. The standard InChI is InChI=1S/C14H25N3S/c1-3-5-12-11-18-14(16-12)10-17(2)13-6-4-8-15-9-7-13/h11,13,15H,3-10H2,1-2H3. The lowest BCUT2D eigenvalue weighted by atomic mass is 10.1. The van der Waals surface area contributed by atoms with E-state index >= 15 is 0 Å². The number of hydrogen-bond acceptors (Lipinski definition) is 4. The third-order valence-corrected chi connectivity index (χ3v) is 4.54. The Morgan fingerprint density at radius 3 is 3.17 bits per heavy atom. The Hall–Kier alpha value is -0.450. The molecule has 102 valence electrons. The topological polar surface area (TPSA) is 28.2 Å². The predicted molar refractivity (Wildman–Crippen MR) is 78.1 cm³/mol. The molecule has 0 amide bonds. The normalized spacial score (nSPS) is 21.2. The quantitative estimate of drug-likeness (QED) is 0.889. The molecular weight excluding hydrogens is 242 g/mol. The minimum absolute atomic E-state index is 0.721. The highest BCUT2D eigenvalue weighted by atomic mass is 32.1. The summed E-state index contributed by atoms with van der Waals surface area (Å²) in [7, 11) is 2.25. The van der Waals surface area contributed by atoms with Crippen molar-refractivity contribution in [3.8, 4) is 0 Å². The van der Waals surface area contributed by atoms with Gasteiger partial charge in [0.05, 0.1) is 12.2 Å². The lowest BCUT2D eigenvalue weighted by Crippen LogP contribution is -2.31. The molecule has 0 saturated carbocycles. The van der Waals surface area contributed by atoms with Crippen LogP contribution >= 0.6 is 11.3 Å². The second-order valence-corrected chi connectivity index (χ2v) is 6.18. The fourth-order valence-corrected chi connectivity index (χ4v) is 3.47. The van der Waals surface area contributed by atoms with E-state index in [-0.39, 0.29) is 0 Å². The molecule has 1 atom stereocenters. The highest BCUT2D eigenvalue weighted by Gasteiger charge is 2.17. The van der Waals surface area contributed by atoms with Crippen molar-refractivity contribution in [2.45, 2.75) is 51.6 Å². The molecule has 0 aliphatic carbocycles. The van der Waals surface area contributed by atoms with Gasteiger partial charge in [-0.25, -0.2) is 4.98 Å². The van der Waals surface area contributed by atoms with Crippen LogP contribution in [0.15, 0.2) is 5.38 Å². The van der Waals surface area contributed by atoms with Crippen LogP contribution in [0.25, 0.3) is 0 Å². The van der Waals surface area contributed by atoms with Gasteiger partial charge in [0, 0.05) is 11.4 Å². The maximum absolute atomic E-state index is 4.72. The summed E-state index contributed by atoms with van der Waals surface area (Å²) in [5, 5.41) is 6.98. The maximum Gasteiger partial charge on any atom is 0.107 e. The second-order valence-electron chi connectivity index (χ2n) is 5.23. The lowest BCUT2D eigenvalue weighted by molar-refractivity contribution is 0.216. The predicted octanol–water partition coefficient (Wildman–Crippen LogP) is 2.67. The van der Waals surface area contributed by atoms with E-state index in [4.69, 9.17) is 4.98 Å². The third-order valence-electron chi connectivity index (χ3n) is 3.66. The van der Waals surface area contributed by atoms with Gasteiger partial charge in [0.15, 0.2) is 0 Å². The van der Waals surface area contributed by atoms with E-state index in [1.165, 1.54) is 42.9 Å². The van der Waals surface area contributed by atoms with E-state index in [1.54, 1.807) is 0 Å². The smallest absolute Gasteiger partial charge is 0.107 e. The number of aromatic nitrogens is 1. The maximum atomic E-state index is 4.72. The van der Waals surface area contributed by atoms with Gasteiger partial charge in [-0.1, -0.05) is 13.3 Å². The van der Waals surface area contributed by atoms with E-state index in [9.17, 15) is 0 Å². The summed E-state index contributed by atoms with van der Waals surface area (Å²) >= 11 is 1.82. The molecule has 2 heterocycles. The number of rotatable bonds is 5. The van der Waals surface area contributed by atoms with Crippen molar-refractivity contribution in [1.29, 1.82) is 0 Å². The van der Waals surface area contributed by atoms with Gasteiger partial charge in [-0.05, 0) is 45.8 Å². The Morgan fingerprint density at radius 2 is 2.33 bits per heavy atom. The van der Waals surface area contributed by atoms with Crippen LogP contribution in [-0.4, -0.2) is 36.1 Å². The average molecular weight is 267 g/mol. The van der Waals surface area contributed by atoms with Crippen LogP contribution in [0.2, 0.25) is 0 Å². The molecule has 0 bridgehead atoms. The van der Waals surface area contributed by atoms with Crippen molar-refractivity contribution < 1.29 is 0 Å². The minimum Gasteiger partial charge on any atom is -0.317 e. The van der Waals surface area contributed by atoms with Crippen LogP contribution in [0, 0.1) is 0 Å². The fourth-order valence-electron chi connectivity index (χ4n) is 2.58. The van der Waals surface area contributed by atoms with Crippen molar-refractivity contribution in [2.24, 2.45) is 0 Å². The summed E-state index contributed by atoms with van der Waals surface area (Å²) in [5.41, 5.74) is 1.27. The first-order valence-corrected chi connectivity index (χ1v) is 8.01. The Bertz CT molecular complexity index is 343. The first-order chi connectivity index (χ1) is 8.79. The molecule has 1 fully saturated rings. The Balaban J connectivity index is 1.86. The van der Waals surface area contributed by atoms with Crippen molar-refractivity contribution in [1.82, 2.24) is 15.2 Å². The molecule has 1 aromatic heterocycles. The monoisotopic (exact) mass is 267 g/mol. The van der Waals surface area contributed by atoms with E-state index in [1.807, 2.05) is 11.3 Å². The fraction of sp³-hybridized carbons (Fsp3) is 0.786. The Kier molecular flexibility index (Phi) is 5.60. The van der Waals surface area contributed by atoms with Gasteiger partial charge in [-0.2, -0.15) is 0 Å². The molecular formula is C14H25N3S. The van der Waals surface area contributed by atoms with E-state index < -0.39 is 0 Å². The highest BCUT2D eigenvalue weighted by Crippen LogP contribution is 2.18. The van der Waals surface area contributed by atoms with Crippen molar-refractivity contribution in [2.75, 3.05) is 20.1 Å². The van der Waals surface area contributed by atoms with Crippen LogP contribution in [-0.2, 0) is 13.0 Å². The van der Waals surface area contributed by atoms with Gasteiger partial charge in [-0.15, -0.1) is 11.3 Å². The molecule has 2 rings (SSSR count). The summed E-state index contributed by atoms with van der Waals surface area (Å²) in [6.07, 6.45) is 6.19. The van der Waals surface area contributed by atoms with Crippen LogP contribution in [0.4, 0.5) is 0 Å². The summed E-state index contributed by atoms with van der Waals surface area (Å²) < 4.78 is 0. The van der Waals surface area contributed by atoms with Crippen molar-refractivity contribution in [3.05, 3.63) is 16.1 Å². The molecule has 3 nitrogen and oxygen atoms in total. The molecule has 1 aliphatic rings. The Labute approximate surface area is 115 Å². The van der Waals surface area contributed by atoms with Crippen LogP contribution in [0.3, 0.4) is 0 Å². The summed E-state index contributed by atoms with van der Waals surface area (Å²) in [6, 6.07) is 0.721. The van der Waals surface area contributed by atoms with Gasteiger partial charge in [0.1, 0.15) is 5.01 Å². The molecule has 0 spiro atoms. The average Bonchev–Trinajstić information content (AvgIpc) is 2.65. The molecule has 1 aromatic rings. The third kappa shape index (κ3) is 4.04. The molecule has 1 unspecified atom stereocenters. The van der Waals surface area contributed by atoms with Crippen LogP contribution < -0.4 is 5.32 Å². The van der Waals surface area contributed by atoms with Crippen molar-refractivity contribution >= 4 is 11.3 Å². The first-order valence-electron chi connectivity index (χ1n) is 7.14. The largest absolute Gasteiger partial charge is 0.317 e. The van der Waals surface area contributed by atoms with Gasteiger partial charge >= 0.3 is 0 Å². The summed E-state index contributed by atoms with van der Waals surface area (Å²) in [5.74, 6) is 0. The molecule has 1 saturated heterocycles. The van der Waals surface area contributed by atoms with E-state index in [0.717, 1.165) is 25.6 Å². The molecule has 4 heteroatoms. The summed E-state index contributed by atoms with van der Waals surface area (Å²) in [6.45, 7) is 5.57. The van der Waals surface area contributed by atoms with Crippen LogP contribution in [0.1, 0.15) is 43.3 Å². The first kappa shape index (κ1) is 14.0. The number of nitrogens with one attached hydrogen (secondary N) is 1. The molecule has 18 heavy (non-hydrogen) atoms. The number of thiazole rings is 1. The lowest BCUT2D eigenvalue weighted by Gasteiger charge is -2.25. The zero-order valence-electron chi connectivity index (χ0n) is 11.6. The van der Waals surface area contributed by atoms with E-state index in [2.05, 4.69) is 29.6 Å². The Morgan fingerprint density at radius 1 is 1.44 bits per heavy atom. The van der Waals surface area contributed by atoms with Crippen molar-refractivity contribution in [3.63, 3.8) is 0 Å². The van der Waals surface area contributed by atoms with Gasteiger partial charge < -0.3 is 5.32 Å². The van der Waals surface area contributed by atoms with Crippen LogP contribution in [0.5, 0.6) is 0 Å². The van der Waals surface area contributed by atoms with Gasteiger partial charge in [0.2, 0.25) is 0 Å². The van der Waals surface area contributed by atoms with E-state index in [0.29, 0.717) is 0 Å². The zero-order chi connectivity index (χ0) is 12.8. The molecule has 1 aliphatic heterocycles. The van der Waals surface area contributed by atoms with Gasteiger partial charge in [0.25, 0.3) is 0 Å². The molecule has 1 N–H and O–H groups in total. The SMILES string of the molecule is CCCc1csc(CN(C)C2CCCNCC2)n1. The molecule has 0 aromatic carbocycles. The van der Waals surface area contributed by atoms with Gasteiger partial charge in [-0.3, -0.25) is 4.90 Å². The number of hydrogen-bond donors (Lipinski definition) is 1.